The molecule has 3 rings (SSSR count). The number of thiocarbonyl (C=S) groups is 1. The van der Waals surface area contributed by atoms with Crippen molar-refractivity contribution in [3.63, 3.8) is 0 Å². The number of halogens is 1. The Bertz CT molecular complexity index is 797. The third-order valence-corrected chi connectivity index (χ3v) is 4.40. The second-order valence-electron chi connectivity index (χ2n) is 5.22. The third kappa shape index (κ3) is 3.98. The first-order chi connectivity index (χ1) is 11.2. The van der Waals surface area contributed by atoms with E-state index in [4.69, 9.17) is 23.8 Å². The standard InChI is InChI=1S/C20H16ClNS/c21-19-9-5-4-8-18(19)14-22-20(23)17-12-10-16(11-13-17)15-6-2-1-3-7-15/h1-13H,14H2,(H,22,23). The summed E-state index contributed by atoms with van der Waals surface area (Å²) in [5, 5.41) is 4.01. The Morgan fingerprint density at radius 1 is 0.783 bits per heavy atom. The van der Waals surface area contributed by atoms with Crippen molar-refractivity contribution in [2.45, 2.75) is 6.54 Å². The van der Waals surface area contributed by atoms with Gasteiger partial charge in [0.25, 0.3) is 0 Å². The molecule has 0 aliphatic heterocycles. The highest BCUT2D eigenvalue weighted by molar-refractivity contribution is 7.80. The van der Waals surface area contributed by atoms with E-state index in [-0.39, 0.29) is 0 Å². The van der Waals surface area contributed by atoms with Crippen LogP contribution in [0.15, 0.2) is 78.9 Å². The maximum atomic E-state index is 6.16. The molecule has 0 aromatic heterocycles. The Hall–Kier alpha value is -2.16. The fraction of sp³-hybridized carbons (Fsp3) is 0.0500. The third-order valence-electron chi connectivity index (χ3n) is 3.65. The van der Waals surface area contributed by atoms with Gasteiger partial charge in [0.2, 0.25) is 0 Å². The molecule has 0 spiro atoms. The van der Waals surface area contributed by atoms with Gasteiger partial charge in [0.15, 0.2) is 0 Å². The van der Waals surface area contributed by atoms with Crippen LogP contribution in [0.5, 0.6) is 0 Å². The Labute approximate surface area is 146 Å². The molecule has 1 nitrogen and oxygen atoms in total. The first kappa shape index (κ1) is 15.7. The summed E-state index contributed by atoms with van der Waals surface area (Å²) in [6, 6.07) is 26.4. The molecule has 0 unspecified atom stereocenters. The van der Waals surface area contributed by atoms with E-state index in [0.29, 0.717) is 6.54 Å². The van der Waals surface area contributed by atoms with Gasteiger partial charge < -0.3 is 5.32 Å². The molecule has 0 aliphatic carbocycles. The van der Waals surface area contributed by atoms with E-state index < -0.39 is 0 Å². The van der Waals surface area contributed by atoms with E-state index in [0.717, 1.165) is 21.1 Å². The number of hydrogen-bond acceptors (Lipinski definition) is 1. The Balaban J connectivity index is 1.67. The Morgan fingerprint density at radius 3 is 2.09 bits per heavy atom. The predicted molar refractivity (Wildman–Crippen MR) is 102 cm³/mol. The average Bonchev–Trinajstić information content (AvgIpc) is 2.62. The molecule has 0 amide bonds. The smallest absolute Gasteiger partial charge is 0.106 e. The number of benzene rings is 3. The SMILES string of the molecule is S=C(NCc1ccccc1Cl)c1ccc(-c2ccccc2)cc1. The van der Waals surface area contributed by atoms with Gasteiger partial charge in [-0.2, -0.15) is 0 Å². The highest BCUT2D eigenvalue weighted by atomic mass is 35.5. The van der Waals surface area contributed by atoms with Crippen molar-refractivity contribution in [1.82, 2.24) is 5.32 Å². The van der Waals surface area contributed by atoms with Gasteiger partial charge in [0.1, 0.15) is 4.99 Å². The van der Waals surface area contributed by atoms with Crippen LogP contribution >= 0.6 is 23.8 Å². The summed E-state index contributed by atoms with van der Waals surface area (Å²) in [5.41, 5.74) is 4.43. The van der Waals surface area contributed by atoms with Crippen LogP contribution in [0, 0.1) is 0 Å². The summed E-state index contributed by atoms with van der Waals surface area (Å²) in [4.78, 5) is 0.726. The second-order valence-corrected chi connectivity index (χ2v) is 6.03. The van der Waals surface area contributed by atoms with E-state index in [2.05, 4.69) is 29.6 Å². The van der Waals surface area contributed by atoms with Gasteiger partial charge in [-0.1, -0.05) is 96.6 Å². The van der Waals surface area contributed by atoms with E-state index in [1.807, 2.05) is 54.6 Å². The summed E-state index contributed by atoms with van der Waals surface area (Å²) in [7, 11) is 0. The number of nitrogens with one attached hydrogen (secondary N) is 1. The molecule has 0 radical (unpaired) electrons. The lowest BCUT2D eigenvalue weighted by Gasteiger charge is -2.10. The van der Waals surface area contributed by atoms with Gasteiger partial charge >= 0.3 is 0 Å². The molecule has 0 bridgehead atoms. The largest absolute Gasteiger partial charge is 0.372 e. The molecule has 0 aliphatic rings. The zero-order valence-electron chi connectivity index (χ0n) is 12.5. The quantitative estimate of drug-likeness (QED) is 0.633. The summed E-state index contributed by atoms with van der Waals surface area (Å²) in [6.07, 6.45) is 0. The Kier molecular flexibility index (Phi) is 5.06. The van der Waals surface area contributed by atoms with Crippen molar-refractivity contribution < 1.29 is 0 Å². The van der Waals surface area contributed by atoms with Crippen LogP contribution in [0.1, 0.15) is 11.1 Å². The number of rotatable bonds is 4. The van der Waals surface area contributed by atoms with Crippen LogP contribution in [-0.4, -0.2) is 4.99 Å². The minimum absolute atomic E-state index is 0.624. The van der Waals surface area contributed by atoms with E-state index in [9.17, 15) is 0 Å². The van der Waals surface area contributed by atoms with Crippen molar-refractivity contribution in [1.29, 1.82) is 0 Å². The topological polar surface area (TPSA) is 12.0 Å². The summed E-state index contributed by atoms with van der Waals surface area (Å²) < 4.78 is 0. The highest BCUT2D eigenvalue weighted by Gasteiger charge is 2.04. The van der Waals surface area contributed by atoms with Gasteiger partial charge in [-0.3, -0.25) is 0 Å². The fourth-order valence-corrected chi connectivity index (χ4v) is 2.77. The van der Waals surface area contributed by atoms with Gasteiger partial charge in [-0.15, -0.1) is 0 Å². The lowest BCUT2D eigenvalue weighted by atomic mass is 10.0. The van der Waals surface area contributed by atoms with Crippen LogP contribution in [-0.2, 0) is 6.54 Å². The zero-order valence-corrected chi connectivity index (χ0v) is 14.1. The molecule has 0 heterocycles. The molecule has 0 atom stereocenters. The van der Waals surface area contributed by atoms with Crippen LogP contribution in [0.2, 0.25) is 5.02 Å². The lowest BCUT2D eigenvalue weighted by molar-refractivity contribution is 0.929. The maximum absolute atomic E-state index is 6.16. The zero-order chi connectivity index (χ0) is 16.1. The van der Waals surface area contributed by atoms with Gasteiger partial charge in [0, 0.05) is 17.1 Å². The molecule has 3 aromatic carbocycles. The molecule has 114 valence electrons. The molecular formula is C20H16ClNS. The molecule has 0 saturated heterocycles. The molecule has 1 N–H and O–H groups in total. The minimum Gasteiger partial charge on any atom is -0.372 e. The van der Waals surface area contributed by atoms with Gasteiger partial charge in [-0.05, 0) is 22.8 Å². The van der Waals surface area contributed by atoms with Crippen LogP contribution in [0.3, 0.4) is 0 Å². The van der Waals surface area contributed by atoms with Crippen LogP contribution in [0.25, 0.3) is 11.1 Å². The van der Waals surface area contributed by atoms with Crippen molar-refractivity contribution in [2.24, 2.45) is 0 Å². The van der Waals surface area contributed by atoms with Crippen molar-refractivity contribution in [3.05, 3.63) is 95.0 Å². The van der Waals surface area contributed by atoms with E-state index in [1.54, 1.807) is 0 Å². The first-order valence-electron chi connectivity index (χ1n) is 7.41. The molecule has 23 heavy (non-hydrogen) atoms. The molecule has 3 aromatic rings. The van der Waals surface area contributed by atoms with Crippen molar-refractivity contribution >= 4 is 28.8 Å². The minimum atomic E-state index is 0.624. The normalized spacial score (nSPS) is 10.3. The summed E-state index contributed by atoms with van der Waals surface area (Å²) in [5.74, 6) is 0. The van der Waals surface area contributed by atoms with Crippen molar-refractivity contribution in [2.75, 3.05) is 0 Å². The van der Waals surface area contributed by atoms with E-state index >= 15 is 0 Å². The second kappa shape index (κ2) is 7.40. The van der Waals surface area contributed by atoms with Crippen molar-refractivity contribution in [3.8, 4) is 11.1 Å². The molecule has 0 fully saturated rings. The summed E-state index contributed by atoms with van der Waals surface area (Å²) >= 11 is 11.6. The Morgan fingerprint density at radius 2 is 1.39 bits per heavy atom. The van der Waals surface area contributed by atoms with Gasteiger partial charge in [-0.25, -0.2) is 0 Å². The van der Waals surface area contributed by atoms with Crippen LogP contribution in [0.4, 0.5) is 0 Å². The highest BCUT2D eigenvalue weighted by Crippen LogP contribution is 2.19. The lowest BCUT2D eigenvalue weighted by Crippen LogP contribution is -2.21. The summed E-state index contributed by atoms with van der Waals surface area (Å²) in [6.45, 7) is 0.624. The molecular weight excluding hydrogens is 322 g/mol. The molecule has 3 heteroatoms. The average molecular weight is 338 g/mol. The first-order valence-corrected chi connectivity index (χ1v) is 8.20. The van der Waals surface area contributed by atoms with Gasteiger partial charge in [0.05, 0.1) is 0 Å². The van der Waals surface area contributed by atoms with Crippen LogP contribution < -0.4 is 5.32 Å². The molecule has 0 saturated carbocycles. The monoisotopic (exact) mass is 337 g/mol. The predicted octanol–water partition coefficient (Wildman–Crippen LogP) is 5.47. The maximum Gasteiger partial charge on any atom is 0.106 e. The van der Waals surface area contributed by atoms with E-state index in [1.165, 1.54) is 11.1 Å². The number of hydrogen-bond donors (Lipinski definition) is 1. The fourth-order valence-electron chi connectivity index (χ4n) is 2.36.